The number of thioether (sulfide) groups is 1. The molecule has 20 heavy (non-hydrogen) atoms. The minimum absolute atomic E-state index is 0.255. The highest BCUT2D eigenvalue weighted by Crippen LogP contribution is 2.36. The number of hydrogen-bond donors (Lipinski definition) is 1. The Kier molecular flexibility index (Phi) is 5.50. The summed E-state index contributed by atoms with van der Waals surface area (Å²) in [5, 5.41) is 0.255. The van der Waals surface area contributed by atoms with Gasteiger partial charge in [-0.1, -0.05) is 42.5 Å². The van der Waals surface area contributed by atoms with Gasteiger partial charge in [0.05, 0.1) is 7.11 Å². The highest BCUT2D eigenvalue weighted by atomic mass is 32.2. The van der Waals surface area contributed by atoms with Crippen molar-refractivity contribution >= 4 is 11.8 Å². The second-order valence-electron chi connectivity index (χ2n) is 4.70. The van der Waals surface area contributed by atoms with Gasteiger partial charge in [-0.3, -0.25) is 0 Å². The van der Waals surface area contributed by atoms with Gasteiger partial charge in [0.1, 0.15) is 5.75 Å². The Morgan fingerprint density at radius 3 is 2.50 bits per heavy atom. The van der Waals surface area contributed by atoms with E-state index in [0.717, 1.165) is 11.5 Å². The molecule has 0 spiro atoms. The van der Waals surface area contributed by atoms with Gasteiger partial charge < -0.3 is 10.5 Å². The maximum atomic E-state index is 5.95. The predicted octanol–water partition coefficient (Wildman–Crippen LogP) is 3.94. The van der Waals surface area contributed by atoms with E-state index in [4.69, 9.17) is 10.5 Å². The van der Waals surface area contributed by atoms with Crippen LogP contribution < -0.4 is 10.5 Å². The number of rotatable bonds is 6. The number of methoxy groups -OCH3 is 1. The fraction of sp³-hybridized carbons (Fsp3) is 0.294. The monoisotopic (exact) mass is 287 g/mol. The molecule has 0 bridgehead atoms. The van der Waals surface area contributed by atoms with E-state index in [1.54, 1.807) is 7.11 Å². The van der Waals surface area contributed by atoms with Gasteiger partial charge in [0.2, 0.25) is 0 Å². The van der Waals surface area contributed by atoms with Gasteiger partial charge in [-0.2, -0.15) is 0 Å². The standard InChI is InChI=1S/C17H21NOS/c1-13-7-3-4-8-14(13)12-20-17(11-18)15-9-5-6-10-16(15)19-2/h3-10,17H,11-12,18H2,1-2H3. The fourth-order valence-corrected chi connectivity index (χ4v) is 3.39. The van der Waals surface area contributed by atoms with Crippen LogP contribution in [0.4, 0.5) is 0 Å². The van der Waals surface area contributed by atoms with Crippen molar-refractivity contribution in [3.8, 4) is 5.75 Å². The molecule has 2 aromatic carbocycles. The van der Waals surface area contributed by atoms with Crippen LogP contribution in [0.1, 0.15) is 21.9 Å². The van der Waals surface area contributed by atoms with Crippen LogP contribution in [0.2, 0.25) is 0 Å². The minimum Gasteiger partial charge on any atom is -0.496 e. The lowest BCUT2D eigenvalue weighted by molar-refractivity contribution is 0.409. The Hall–Kier alpha value is -1.45. The van der Waals surface area contributed by atoms with Crippen LogP contribution in [-0.4, -0.2) is 13.7 Å². The lowest BCUT2D eigenvalue weighted by Crippen LogP contribution is -2.11. The Morgan fingerprint density at radius 2 is 1.80 bits per heavy atom. The Morgan fingerprint density at radius 1 is 1.10 bits per heavy atom. The van der Waals surface area contributed by atoms with Crippen LogP contribution in [0, 0.1) is 6.92 Å². The Bertz CT molecular complexity index is 556. The van der Waals surface area contributed by atoms with Gasteiger partial charge in [-0.05, 0) is 24.1 Å². The minimum atomic E-state index is 0.255. The topological polar surface area (TPSA) is 35.2 Å². The molecule has 1 atom stereocenters. The van der Waals surface area contributed by atoms with Crippen LogP contribution in [0.15, 0.2) is 48.5 Å². The van der Waals surface area contributed by atoms with Crippen molar-refractivity contribution < 1.29 is 4.74 Å². The van der Waals surface area contributed by atoms with Crippen molar-refractivity contribution in [3.05, 3.63) is 65.2 Å². The average Bonchev–Trinajstić information content (AvgIpc) is 2.50. The van der Waals surface area contributed by atoms with Crippen molar-refractivity contribution in [3.63, 3.8) is 0 Å². The lowest BCUT2D eigenvalue weighted by atomic mass is 10.1. The first-order valence-corrected chi connectivity index (χ1v) is 7.80. The third-order valence-electron chi connectivity index (χ3n) is 3.40. The zero-order valence-corrected chi connectivity index (χ0v) is 12.8. The zero-order valence-electron chi connectivity index (χ0n) is 12.0. The van der Waals surface area contributed by atoms with Crippen LogP contribution >= 0.6 is 11.8 Å². The van der Waals surface area contributed by atoms with Gasteiger partial charge in [0.25, 0.3) is 0 Å². The first-order valence-electron chi connectivity index (χ1n) is 6.75. The molecule has 2 aromatic rings. The summed E-state index contributed by atoms with van der Waals surface area (Å²) in [5.74, 6) is 1.88. The van der Waals surface area contributed by atoms with E-state index >= 15 is 0 Å². The summed E-state index contributed by atoms with van der Waals surface area (Å²) in [6, 6.07) is 16.6. The SMILES string of the molecule is COc1ccccc1C(CN)SCc1ccccc1C. The highest BCUT2D eigenvalue weighted by Gasteiger charge is 2.15. The first kappa shape index (κ1) is 14.9. The summed E-state index contributed by atoms with van der Waals surface area (Å²) in [7, 11) is 1.71. The normalized spacial score (nSPS) is 12.2. The summed E-state index contributed by atoms with van der Waals surface area (Å²) >= 11 is 1.87. The molecular formula is C17H21NOS. The van der Waals surface area contributed by atoms with Gasteiger partial charge in [0.15, 0.2) is 0 Å². The molecule has 2 nitrogen and oxygen atoms in total. The average molecular weight is 287 g/mol. The fourth-order valence-electron chi connectivity index (χ4n) is 2.18. The molecule has 0 aliphatic heterocycles. The second kappa shape index (κ2) is 7.36. The molecule has 0 aliphatic carbocycles. The van der Waals surface area contributed by atoms with Crippen molar-refractivity contribution in [2.24, 2.45) is 5.73 Å². The third-order valence-corrected chi connectivity index (χ3v) is 4.73. The largest absolute Gasteiger partial charge is 0.496 e. The summed E-state index contributed by atoms with van der Waals surface area (Å²) in [5.41, 5.74) is 9.83. The summed E-state index contributed by atoms with van der Waals surface area (Å²) in [6.45, 7) is 2.76. The number of benzene rings is 2. The van der Waals surface area contributed by atoms with Crippen LogP contribution in [0.5, 0.6) is 5.75 Å². The third kappa shape index (κ3) is 3.56. The summed E-state index contributed by atoms with van der Waals surface area (Å²) in [4.78, 5) is 0. The van der Waals surface area contributed by atoms with Crippen LogP contribution in [-0.2, 0) is 5.75 Å². The molecule has 0 saturated carbocycles. The molecule has 106 valence electrons. The van der Waals surface area contributed by atoms with E-state index in [1.165, 1.54) is 16.7 Å². The quantitative estimate of drug-likeness (QED) is 0.874. The molecule has 1 unspecified atom stereocenters. The number of nitrogens with two attached hydrogens (primary N) is 1. The van der Waals surface area contributed by atoms with Crippen molar-refractivity contribution in [1.29, 1.82) is 0 Å². The summed E-state index contributed by atoms with van der Waals surface area (Å²) < 4.78 is 5.44. The van der Waals surface area contributed by atoms with Crippen LogP contribution in [0.3, 0.4) is 0 Å². The van der Waals surface area contributed by atoms with Crippen molar-refractivity contribution in [1.82, 2.24) is 0 Å². The van der Waals surface area contributed by atoms with Gasteiger partial charge in [-0.15, -0.1) is 11.8 Å². The highest BCUT2D eigenvalue weighted by molar-refractivity contribution is 7.98. The van der Waals surface area contributed by atoms with E-state index in [-0.39, 0.29) is 5.25 Å². The van der Waals surface area contributed by atoms with E-state index in [9.17, 15) is 0 Å². The number of hydrogen-bond acceptors (Lipinski definition) is 3. The van der Waals surface area contributed by atoms with Crippen molar-refractivity contribution in [2.75, 3.05) is 13.7 Å². The molecule has 0 saturated heterocycles. The molecule has 0 fully saturated rings. The number of para-hydroxylation sites is 1. The maximum absolute atomic E-state index is 5.95. The van der Waals surface area contributed by atoms with E-state index in [0.29, 0.717) is 6.54 Å². The molecule has 0 amide bonds. The Balaban J connectivity index is 2.11. The van der Waals surface area contributed by atoms with Crippen molar-refractivity contribution in [2.45, 2.75) is 17.9 Å². The summed E-state index contributed by atoms with van der Waals surface area (Å²) in [6.07, 6.45) is 0. The van der Waals surface area contributed by atoms with Crippen LogP contribution in [0.25, 0.3) is 0 Å². The van der Waals surface area contributed by atoms with E-state index in [2.05, 4.69) is 37.3 Å². The van der Waals surface area contributed by atoms with Gasteiger partial charge in [0, 0.05) is 23.1 Å². The van der Waals surface area contributed by atoms with E-state index < -0.39 is 0 Å². The molecule has 2 rings (SSSR count). The van der Waals surface area contributed by atoms with Gasteiger partial charge in [-0.25, -0.2) is 0 Å². The molecule has 3 heteroatoms. The number of aryl methyl sites for hydroxylation is 1. The van der Waals surface area contributed by atoms with E-state index in [1.807, 2.05) is 30.0 Å². The zero-order chi connectivity index (χ0) is 14.4. The molecule has 0 radical (unpaired) electrons. The molecule has 0 heterocycles. The molecule has 2 N–H and O–H groups in total. The first-order chi connectivity index (χ1) is 9.76. The number of ether oxygens (including phenoxy) is 1. The molecule has 0 aromatic heterocycles. The van der Waals surface area contributed by atoms with Gasteiger partial charge >= 0.3 is 0 Å². The molecule has 0 aliphatic rings. The maximum Gasteiger partial charge on any atom is 0.123 e. The smallest absolute Gasteiger partial charge is 0.123 e. The lowest BCUT2D eigenvalue weighted by Gasteiger charge is -2.18. The second-order valence-corrected chi connectivity index (χ2v) is 5.89. The predicted molar refractivity (Wildman–Crippen MR) is 87.3 cm³/mol. The molecular weight excluding hydrogens is 266 g/mol. The Labute approximate surface area is 125 Å².